The summed E-state index contributed by atoms with van der Waals surface area (Å²) in [6, 6.07) is 0. The largest absolute Gasteiger partial charge is 0.411 e. The van der Waals surface area contributed by atoms with E-state index in [9.17, 15) is 0 Å². The van der Waals surface area contributed by atoms with E-state index in [4.69, 9.17) is 16.0 Å². The molecule has 0 bridgehead atoms. The van der Waals surface area contributed by atoms with Crippen LogP contribution in [0.4, 0.5) is 0 Å². The van der Waals surface area contributed by atoms with Gasteiger partial charge in [-0.25, -0.2) is 0 Å². The molecule has 3 heteroatoms. The standard InChI is InChI=1S/C15H28O2Si/c1-7-8-11-14(12-9-10-13-16)17-18(5,6)15(2,3)4/h1,8,11,14,16H,9-10,12-13H2,2-6H3/b11-8+/t14-/m1/s1. The summed E-state index contributed by atoms with van der Waals surface area (Å²) in [6.07, 6.45) is 11.7. The van der Waals surface area contributed by atoms with Gasteiger partial charge in [0.15, 0.2) is 8.32 Å². The van der Waals surface area contributed by atoms with Crippen LogP contribution in [-0.2, 0) is 4.43 Å². The zero-order chi connectivity index (χ0) is 14.2. The Bertz CT molecular complexity index is 295. The molecule has 0 heterocycles. The average Bonchev–Trinajstić information content (AvgIpc) is 2.24. The number of hydrogen-bond acceptors (Lipinski definition) is 2. The van der Waals surface area contributed by atoms with Gasteiger partial charge in [0.05, 0.1) is 6.10 Å². The Morgan fingerprint density at radius 2 is 1.94 bits per heavy atom. The van der Waals surface area contributed by atoms with E-state index in [1.54, 1.807) is 6.08 Å². The predicted molar refractivity (Wildman–Crippen MR) is 81.0 cm³/mol. The van der Waals surface area contributed by atoms with Crippen molar-refractivity contribution in [3.63, 3.8) is 0 Å². The zero-order valence-electron chi connectivity index (χ0n) is 12.5. The second kappa shape index (κ2) is 7.78. The minimum absolute atomic E-state index is 0.0773. The third kappa shape index (κ3) is 6.39. The van der Waals surface area contributed by atoms with E-state index in [1.165, 1.54) is 0 Å². The van der Waals surface area contributed by atoms with Gasteiger partial charge in [-0.15, -0.1) is 6.42 Å². The van der Waals surface area contributed by atoms with Crippen LogP contribution in [0.1, 0.15) is 40.0 Å². The molecule has 0 amide bonds. The second-order valence-electron chi connectivity index (χ2n) is 6.16. The highest BCUT2D eigenvalue weighted by Crippen LogP contribution is 2.37. The van der Waals surface area contributed by atoms with Gasteiger partial charge in [-0.2, -0.15) is 0 Å². The maximum atomic E-state index is 8.83. The van der Waals surface area contributed by atoms with Crippen molar-refractivity contribution in [3.8, 4) is 12.3 Å². The van der Waals surface area contributed by atoms with Gasteiger partial charge in [-0.3, -0.25) is 0 Å². The van der Waals surface area contributed by atoms with Crippen molar-refractivity contribution in [2.45, 2.75) is 64.3 Å². The van der Waals surface area contributed by atoms with E-state index in [2.05, 4.69) is 39.8 Å². The minimum atomic E-state index is -1.76. The smallest absolute Gasteiger partial charge is 0.192 e. The Labute approximate surface area is 114 Å². The number of terminal acetylenes is 1. The zero-order valence-corrected chi connectivity index (χ0v) is 13.5. The normalized spacial score (nSPS) is 14.7. The molecular formula is C15H28O2Si. The van der Waals surface area contributed by atoms with E-state index in [0.29, 0.717) is 0 Å². The summed E-state index contributed by atoms with van der Waals surface area (Å²) >= 11 is 0. The third-order valence-corrected chi connectivity index (χ3v) is 8.06. The number of hydrogen-bond donors (Lipinski definition) is 1. The van der Waals surface area contributed by atoms with Crippen molar-refractivity contribution in [2.75, 3.05) is 6.61 Å². The molecule has 0 saturated carbocycles. The molecule has 0 aliphatic carbocycles. The number of aliphatic hydroxyl groups is 1. The van der Waals surface area contributed by atoms with E-state index in [1.807, 2.05) is 6.08 Å². The fraction of sp³-hybridized carbons (Fsp3) is 0.733. The summed E-state index contributed by atoms with van der Waals surface area (Å²) in [6.45, 7) is 11.4. The van der Waals surface area contributed by atoms with E-state index < -0.39 is 8.32 Å². The summed E-state index contributed by atoms with van der Waals surface area (Å²) < 4.78 is 6.33. The summed E-state index contributed by atoms with van der Waals surface area (Å²) in [4.78, 5) is 0. The van der Waals surface area contributed by atoms with Crippen molar-refractivity contribution in [3.05, 3.63) is 12.2 Å². The number of allylic oxidation sites excluding steroid dienone is 1. The van der Waals surface area contributed by atoms with Crippen LogP contribution < -0.4 is 0 Å². The van der Waals surface area contributed by atoms with Gasteiger partial charge in [0.25, 0.3) is 0 Å². The summed E-state index contributed by atoms with van der Waals surface area (Å²) in [5.74, 6) is 2.52. The summed E-state index contributed by atoms with van der Waals surface area (Å²) in [5.41, 5.74) is 0. The molecule has 1 N–H and O–H groups in total. The molecule has 18 heavy (non-hydrogen) atoms. The van der Waals surface area contributed by atoms with Crippen LogP contribution >= 0.6 is 0 Å². The van der Waals surface area contributed by atoms with Gasteiger partial charge in [0.2, 0.25) is 0 Å². The van der Waals surface area contributed by atoms with Crippen LogP contribution in [0.3, 0.4) is 0 Å². The van der Waals surface area contributed by atoms with Gasteiger partial charge in [-0.05, 0) is 49.5 Å². The molecule has 0 aliphatic heterocycles. The van der Waals surface area contributed by atoms with Crippen LogP contribution in [0, 0.1) is 12.3 Å². The van der Waals surface area contributed by atoms with Crippen molar-refractivity contribution in [1.82, 2.24) is 0 Å². The van der Waals surface area contributed by atoms with Crippen molar-refractivity contribution in [2.24, 2.45) is 0 Å². The van der Waals surface area contributed by atoms with Crippen molar-refractivity contribution in [1.29, 1.82) is 0 Å². The Morgan fingerprint density at radius 1 is 1.33 bits per heavy atom. The molecule has 0 aromatic heterocycles. The van der Waals surface area contributed by atoms with Crippen molar-refractivity contribution < 1.29 is 9.53 Å². The Morgan fingerprint density at radius 3 is 2.39 bits per heavy atom. The fourth-order valence-corrected chi connectivity index (χ4v) is 2.68. The lowest BCUT2D eigenvalue weighted by atomic mass is 10.1. The molecule has 0 fully saturated rings. The maximum Gasteiger partial charge on any atom is 0.192 e. The molecular weight excluding hydrogens is 240 g/mol. The molecule has 0 spiro atoms. The lowest BCUT2D eigenvalue weighted by Crippen LogP contribution is -2.43. The molecule has 0 unspecified atom stereocenters. The summed E-state index contributed by atoms with van der Waals surface area (Å²) in [5, 5.41) is 9.04. The van der Waals surface area contributed by atoms with Gasteiger partial charge in [-0.1, -0.05) is 26.7 Å². The molecule has 1 atom stereocenters. The Kier molecular flexibility index (Phi) is 7.54. The quantitative estimate of drug-likeness (QED) is 0.433. The van der Waals surface area contributed by atoms with Gasteiger partial charge in [0, 0.05) is 6.61 Å². The third-order valence-electron chi connectivity index (χ3n) is 3.56. The van der Waals surface area contributed by atoms with E-state index in [-0.39, 0.29) is 17.7 Å². The molecule has 104 valence electrons. The lowest BCUT2D eigenvalue weighted by molar-refractivity contribution is 0.204. The first-order valence-corrected chi connectivity index (χ1v) is 9.57. The molecule has 0 aliphatic rings. The van der Waals surface area contributed by atoms with Gasteiger partial charge >= 0.3 is 0 Å². The van der Waals surface area contributed by atoms with Crippen LogP contribution in [0.15, 0.2) is 12.2 Å². The first kappa shape index (κ1) is 17.4. The topological polar surface area (TPSA) is 29.5 Å². The maximum absolute atomic E-state index is 8.83. The summed E-state index contributed by atoms with van der Waals surface area (Å²) in [7, 11) is -1.76. The van der Waals surface area contributed by atoms with Crippen molar-refractivity contribution >= 4 is 8.32 Å². The van der Waals surface area contributed by atoms with Gasteiger partial charge in [0.1, 0.15) is 0 Å². The number of unbranched alkanes of at least 4 members (excludes halogenated alkanes) is 1. The fourth-order valence-electron chi connectivity index (χ4n) is 1.37. The highest BCUT2D eigenvalue weighted by molar-refractivity contribution is 6.74. The van der Waals surface area contributed by atoms with Crippen LogP contribution in [0.2, 0.25) is 18.1 Å². The SMILES string of the molecule is C#C/C=C/[C@H](CCCCO)O[Si](C)(C)C(C)(C)C. The molecule has 0 aromatic carbocycles. The van der Waals surface area contributed by atoms with Crippen LogP contribution in [-0.4, -0.2) is 26.1 Å². The highest BCUT2D eigenvalue weighted by atomic mass is 28.4. The van der Waals surface area contributed by atoms with Crippen LogP contribution in [0.5, 0.6) is 0 Å². The monoisotopic (exact) mass is 268 g/mol. The average molecular weight is 268 g/mol. The number of rotatable bonds is 7. The molecule has 0 aromatic rings. The molecule has 0 rings (SSSR count). The minimum Gasteiger partial charge on any atom is -0.411 e. The molecule has 0 saturated heterocycles. The highest BCUT2D eigenvalue weighted by Gasteiger charge is 2.38. The van der Waals surface area contributed by atoms with E-state index in [0.717, 1.165) is 19.3 Å². The Balaban J connectivity index is 4.58. The predicted octanol–water partition coefficient (Wildman–Crippen LogP) is 3.73. The second-order valence-corrected chi connectivity index (χ2v) is 10.9. The van der Waals surface area contributed by atoms with Crippen LogP contribution in [0.25, 0.3) is 0 Å². The first-order valence-electron chi connectivity index (χ1n) is 6.66. The number of aliphatic hydroxyl groups excluding tert-OH is 1. The first-order chi connectivity index (χ1) is 8.24. The van der Waals surface area contributed by atoms with E-state index >= 15 is 0 Å². The van der Waals surface area contributed by atoms with Gasteiger partial charge < -0.3 is 9.53 Å². The molecule has 0 radical (unpaired) electrons. The Hall–Kier alpha value is -0.563. The lowest BCUT2D eigenvalue weighted by Gasteiger charge is -2.38. The molecule has 2 nitrogen and oxygen atoms in total.